The van der Waals surface area contributed by atoms with E-state index in [9.17, 15) is 4.39 Å². The van der Waals surface area contributed by atoms with Crippen LogP contribution in [0.4, 0.5) is 4.39 Å². The Labute approximate surface area is 116 Å². The molecule has 0 amide bonds. The number of halogens is 2. The second kappa shape index (κ2) is 6.12. The van der Waals surface area contributed by atoms with Crippen LogP contribution >= 0.6 is 11.6 Å². The lowest BCUT2D eigenvalue weighted by atomic mass is 10.2. The minimum Gasteiger partial charge on any atom is -0.311 e. The molecular weight excluding hydrogens is 267 g/mol. The van der Waals surface area contributed by atoms with Gasteiger partial charge in [-0.2, -0.15) is 0 Å². The van der Waals surface area contributed by atoms with Crippen LogP contribution < -0.4 is 5.32 Å². The first-order chi connectivity index (χ1) is 9.06. The average molecular weight is 283 g/mol. The molecule has 1 heterocycles. The van der Waals surface area contributed by atoms with Crippen LogP contribution in [0, 0.1) is 11.7 Å². The lowest BCUT2D eigenvalue weighted by Gasteiger charge is -2.04. The third kappa shape index (κ3) is 3.75. The lowest BCUT2D eigenvalue weighted by molar-refractivity contribution is 0.548. The molecule has 1 N–H and O–H groups in total. The SMILES string of the molecule is CC(C)CNCc1cn(-c2ccc(Cl)c(F)c2)nn1. The third-order valence-electron chi connectivity index (χ3n) is 2.57. The van der Waals surface area contributed by atoms with Gasteiger partial charge in [0, 0.05) is 12.6 Å². The number of hydrogen-bond acceptors (Lipinski definition) is 3. The van der Waals surface area contributed by atoms with E-state index in [0.29, 0.717) is 18.2 Å². The molecule has 1 aromatic heterocycles. The molecule has 0 atom stereocenters. The predicted octanol–water partition coefficient (Wildman–Crippen LogP) is 2.81. The first-order valence-corrected chi connectivity index (χ1v) is 6.51. The summed E-state index contributed by atoms with van der Waals surface area (Å²) in [5.74, 6) is 0.120. The summed E-state index contributed by atoms with van der Waals surface area (Å²) in [6.07, 6.45) is 1.77. The Balaban J connectivity index is 2.05. The van der Waals surface area contributed by atoms with Crippen LogP contribution in [-0.4, -0.2) is 21.5 Å². The highest BCUT2D eigenvalue weighted by Crippen LogP contribution is 2.17. The molecule has 19 heavy (non-hydrogen) atoms. The lowest BCUT2D eigenvalue weighted by Crippen LogP contribution is -2.19. The fraction of sp³-hybridized carbons (Fsp3) is 0.385. The highest BCUT2D eigenvalue weighted by Gasteiger charge is 2.06. The van der Waals surface area contributed by atoms with Crippen LogP contribution in [0.1, 0.15) is 19.5 Å². The van der Waals surface area contributed by atoms with E-state index in [1.54, 1.807) is 12.3 Å². The van der Waals surface area contributed by atoms with E-state index < -0.39 is 5.82 Å². The molecule has 0 aliphatic rings. The Morgan fingerprint density at radius 3 is 2.89 bits per heavy atom. The number of benzene rings is 1. The Kier molecular flexibility index (Phi) is 4.50. The van der Waals surface area contributed by atoms with E-state index in [-0.39, 0.29) is 5.02 Å². The quantitative estimate of drug-likeness (QED) is 0.917. The Hall–Kier alpha value is -1.46. The molecule has 0 spiro atoms. The molecule has 0 unspecified atom stereocenters. The largest absolute Gasteiger partial charge is 0.311 e. The molecule has 102 valence electrons. The van der Waals surface area contributed by atoms with Crippen LogP contribution in [0.2, 0.25) is 5.02 Å². The summed E-state index contributed by atoms with van der Waals surface area (Å²) in [6.45, 7) is 5.84. The zero-order chi connectivity index (χ0) is 13.8. The van der Waals surface area contributed by atoms with Gasteiger partial charge in [-0.1, -0.05) is 30.7 Å². The van der Waals surface area contributed by atoms with Gasteiger partial charge < -0.3 is 5.32 Å². The molecule has 0 radical (unpaired) electrons. The van der Waals surface area contributed by atoms with Crippen molar-refractivity contribution in [2.45, 2.75) is 20.4 Å². The summed E-state index contributed by atoms with van der Waals surface area (Å²) < 4.78 is 14.9. The Morgan fingerprint density at radius 1 is 1.42 bits per heavy atom. The molecule has 0 fully saturated rings. The summed E-state index contributed by atoms with van der Waals surface area (Å²) in [6, 6.07) is 4.54. The fourth-order valence-electron chi connectivity index (χ4n) is 1.62. The molecular formula is C13H16ClFN4. The van der Waals surface area contributed by atoms with Gasteiger partial charge in [0.2, 0.25) is 0 Å². The minimum atomic E-state index is -0.464. The van der Waals surface area contributed by atoms with Gasteiger partial charge >= 0.3 is 0 Å². The van der Waals surface area contributed by atoms with Gasteiger partial charge in [-0.3, -0.25) is 0 Å². The van der Waals surface area contributed by atoms with Crippen molar-refractivity contribution in [1.82, 2.24) is 20.3 Å². The van der Waals surface area contributed by atoms with Gasteiger partial charge in [-0.25, -0.2) is 9.07 Å². The van der Waals surface area contributed by atoms with E-state index in [1.807, 2.05) is 0 Å². The maximum atomic E-state index is 13.4. The normalized spacial score (nSPS) is 11.2. The van der Waals surface area contributed by atoms with Gasteiger partial charge in [0.1, 0.15) is 5.82 Å². The Morgan fingerprint density at radius 2 is 2.21 bits per heavy atom. The topological polar surface area (TPSA) is 42.7 Å². The van der Waals surface area contributed by atoms with Crippen LogP contribution in [0.5, 0.6) is 0 Å². The number of nitrogens with one attached hydrogen (secondary N) is 1. The molecule has 0 aliphatic heterocycles. The van der Waals surface area contributed by atoms with Crippen molar-refractivity contribution in [3.8, 4) is 5.69 Å². The van der Waals surface area contributed by atoms with Crippen molar-refractivity contribution in [2.75, 3.05) is 6.54 Å². The van der Waals surface area contributed by atoms with Crippen LogP contribution in [-0.2, 0) is 6.54 Å². The highest BCUT2D eigenvalue weighted by molar-refractivity contribution is 6.30. The van der Waals surface area contributed by atoms with Crippen LogP contribution in [0.15, 0.2) is 24.4 Å². The van der Waals surface area contributed by atoms with Crippen molar-refractivity contribution >= 4 is 11.6 Å². The van der Waals surface area contributed by atoms with E-state index in [1.165, 1.54) is 16.8 Å². The maximum absolute atomic E-state index is 13.4. The number of nitrogens with zero attached hydrogens (tertiary/aromatic N) is 3. The van der Waals surface area contributed by atoms with E-state index in [4.69, 9.17) is 11.6 Å². The molecule has 4 nitrogen and oxygen atoms in total. The van der Waals surface area contributed by atoms with Gasteiger partial charge in [0.05, 0.1) is 22.6 Å². The highest BCUT2D eigenvalue weighted by atomic mass is 35.5. The van der Waals surface area contributed by atoms with E-state index in [2.05, 4.69) is 29.5 Å². The molecule has 1 aromatic carbocycles. The summed E-state index contributed by atoms with van der Waals surface area (Å²) >= 11 is 5.64. The molecule has 6 heteroatoms. The number of hydrogen-bond donors (Lipinski definition) is 1. The predicted molar refractivity (Wildman–Crippen MR) is 72.9 cm³/mol. The summed E-state index contributed by atoms with van der Waals surface area (Å²) in [7, 11) is 0. The molecule has 2 rings (SSSR count). The average Bonchev–Trinajstić information content (AvgIpc) is 2.81. The van der Waals surface area contributed by atoms with Crippen LogP contribution in [0.3, 0.4) is 0 Å². The first kappa shape index (κ1) is 14.0. The summed E-state index contributed by atoms with van der Waals surface area (Å²) in [4.78, 5) is 0. The molecule has 0 saturated carbocycles. The van der Waals surface area contributed by atoms with Crippen molar-refractivity contribution in [1.29, 1.82) is 0 Å². The minimum absolute atomic E-state index is 0.0997. The van der Waals surface area contributed by atoms with Crippen molar-refractivity contribution in [2.24, 2.45) is 5.92 Å². The van der Waals surface area contributed by atoms with Crippen molar-refractivity contribution < 1.29 is 4.39 Å². The van der Waals surface area contributed by atoms with Gasteiger partial charge in [-0.15, -0.1) is 5.10 Å². The number of rotatable bonds is 5. The van der Waals surface area contributed by atoms with E-state index in [0.717, 1.165) is 12.2 Å². The van der Waals surface area contributed by atoms with E-state index >= 15 is 0 Å². The summed E-state index contributed by atoms with van der Waals surface area (Å²) in [5, 5.41) is 11.4. The molecule has 2 aromatic rings. The number of aromatic nitrogens is 3. The second-order valence-corrected chi connectivity index (χ2v) is 5.18. The fourth-order valence-corrected chi connectivity index (χ4v) is 1.74. The smallest absolute Gasteiger partial charge is 0.143 e. The zero-order valence-electron chi connectivity index (χ0n) is 10.9. The molecule has 0 aliphatic carbocycles. The zero-order valence-corrected chi connectivity index (χ0v) is 11.7. The monoisotopic (exact) mass is 282 g/mol. The van der Waals surface area contributed by atoms with Crippen molar-refractivity contribution in [3.05, 3.63) is 40.9 Å². The maximum Gasteiger partial charge on any atom is 0.143 e. The first-order valence-electron chi connectivity index (χ1n) is 6.13. The van der Waals surface area contributed by atoms with Gasteiger partial charge in [0.25, 0.3) is 0 Å². The van der Waals surface area contributed by atoms with Gasteiger partial charge in [0.15, 0.2) is 0 Å². The van der Waals surface area contributed by atoms with Crippen LogP contribution in [0.25, 0.3) is 5.69 Å². The van der Waals surface area contributed by atoms with Gasteiger partial charge in [-0.05, 0) is 24.6 Å². The standard InChI is InChI=1S/C13H16ClFN4/c1-9(2)6-16-7-10-8-19(18-17-10)11-3-4-12(14)13(15)5-11/h3-5,8-9,16H,6-7H2,1-2H3. The van der Waals surface area contributed by atoms with Crippen molar-refractivity contribution in [3.63, 3.8) is 0 Å². The molecule has 0 saturated heterocycles. The molecule has 0 bridgehead atoms. The Bertz CT molecular complexity index is 553. The summed E-state index contributed by atoms with van der Waals surface area (Å²) in [5.41, 5.74) is 1.42. The third-order valence-corrected chi connectivity index (χ3v) is 2.87. The second-order valence-electron chi connectivity index (χ2n) is 4.78.